The van der Waals surface area contributed by atoms with Gasteiger partial charge in [-0.15, -0.1) is 0 Å². The van der Waals surface area contributed by atoms with Gasteiger partial charge in [-0.2, -0.15) is 5.26 Å². The Hall–Kier alpha value is -1.41. The molecule has 1 aliphatic rings. The lowest BCUT2D eigenvalue weighted by Crippen LogP contribution is -2.12. The summed E-state index contributed by atoms with van der Waals surface area (Å²) in [7, 11) is -3.21. The quantitative estimate of drug-likeness (QED) is 0.826. The number of sulfone groups is 1. The second kappa shape index (κ2) is 4.11. The monoisotopic (exact) mass is 253 g/mol. The van der Waals surface area contributed by atoms with Crippen molar-refractivity contribution in [3.05, 3.63) is 35.6 Å². The van der Waals surface area contributed by atoms with E-state index >= 15 is 0 Å². The van der Waals surface area contributed by atoms with Crippen LogP contribution in [-0.4, -0.2) is 19.4 Å². The number of nitrogens with zero attached hydrogens (tertiary/aromatic N) is 1. The minimum Gasteiger partial charge on any atom is -0.228 e. The highest BCUT2D eigenvalue weighted by Gasteiger charge is 2.58. The molecule has 1 aromatic carbocycles. The minimum atomic E-state index is -3.21. The predicted octanol–water partition coefficient (Wildman–Crippen LogP) is 1.87. The first-order valence-corrected chi connectivity index (χ1v) is 7.09. The first-order valence-electron chi connectivity index (χ1n) is 5.38. The van der Waals surface area contributed by atoms with Crippen LogP contribution in [0, 0.1) is 23.1 Å². The Bertz CT molecular complexity index is 559. The molecule has 3 atom stereocenters. The van der Waals surface area contributed by atoms with Crippen LogP contribution in [0.5, 0.6) is 0 Å². The van der Waals surface area contributed by atoms with Gasteiger partial charge in [-0.05, 0) is 17.7 Å². The molecule has 0 N–H and O–H groups in total. The molecule has 1 aromatic rings. The van der Waals surface area contributed by atoms with Gasteiger partial charge in [0.25, 0.3) is 0 Å². The average molecular weight is 253 g/mol. The van der Waals surface area contributed by atoms with Gasteiger partial charge in [0.15, 0.2) is 9.84 Å². The third-order valence-electron chi connectivity index (χ3n) is 3.17. The van der Waals surface area contributed by atoms with Gasteiger partial charge in [0.1, 0.15) is 5.82 Å². The highest BCUT2D eigenvalue weighted by atomic mass is 32.2. The third kappa shape index (κ3) is 2.05. The van der Waals surface area contributed by atoms with E-state index < -0.39 is 21.0 Å². The summed E-state index contributed by atoms with van der Waals surface area (Å²) in [5, 5.41) is 8.31. The molecule has 0 aliphatic heterocycles. The van der Waals surface area contributed by atoms with Crippen molar-refractivity contribution >= 4 is 9.84 Å². The van der Waals surface area contributed by atoms with Crippen LogP contribution in [0.3, 0.4) is 0 Å². The summed E-state index contributed by atoms with van der Waals surface area (Å²) < 4.78 is 36.3. The van der Waals surface area contributed by atoms with Crippen molar-refractivity contribution in [2.45, 2.75) is 18.1 Å². The molecule has 0 aromatic heterocycles. The minimum absolute atomic E-state index is 0.0353. The van der Waals surface area contributed by atoms with Crippen LogP contribution >= 0.6 is 0 Å². The van der Waals surface area contributed by atoms with Gasteiger partial charge in [0.05, 0.1) is 17.2 Å². The van der Waals surface area contributed by atoms with Gasteiger partial charge >= 0.3 is 0 Å². The van der Waals surface area contributed by atoms with Gasteiger partial charge in [-0.1, -0.05) is 19.1 Å². The van der Waals surface area contributed by atoms with E-state index in [2.05, 4.69) is 0 Å². The molecule has 0 saturated heterocycles. The highest BCUT2D eigenvalue weighted by Crippen LogP contribution is 2.52. The normalized spacial score (nSPS) is 27.5. The van der Waals surface area contributed by atoms with Crippen LogP contribution in [0.1, 0.15) is 18.4 Å². The number of nitriles is 1. The Labute approximate surface area is 99.8 Å². The van der Waals surface area contributed by atoms with E-state index in [4.69, 9.17) is 5.26 Å². The zero-order chi connectivity index (χ0) is 12.6. The molecule has 1 aliphatic carbocycles. The molecule has 3 nitrogen and oxygen atoms in total. The van der Waals surface area contributed by atoms with Gasteiger partial charge in [-0.3, -0.25) is 0 Å². The van der Waals surface area contributed by atoms with Crippen LogP contribution in [0.25, 0.3) is 0 Å². The first kappa shape index (κ1) is 12.1. The fraction of sp³-hybridized carbons (Fsp3) is 0.417. The topological polar surface area (TPSA) is 57.9 Å². The summed E-state index contributed by atoms with van der Waals surface area (Å²) in [6.07, 6.45) is 0. The number of rotatable bonds is 3. The Morgan fingerprint density at radius 2 is 1.94 bits per heavy atom. The van der Waals surface area contributed by atoms with Crippen molar-refractivity contribution in [1.82, 2.24) is 0 Å². The van der Waals surface area contributed by atoms with E-state index in [1.165, 1.54) is 12.1 Å². The third-order valence-corrected chi connectivity index (χ3v) is 5.40. The van der Waals surface area contributed by atoms with Gasteiger partial charge in [-0.25, -0.2) is 12.8 Å². The van der Waals surface area contributed by atoms with E-state index in [0.717, 1.165) is 5.56 Å². The zero-order valence-corrected chi connectivity index (χ0v) is 10.1. The summed E-state index contributed by atoms with van der Waals surface area (Å²) in [5.41, 5.74) is 0.722. The zero-order valence-electron chi connectivity index (χ0n) is 9.30. The summed E-state index contributed by atoms with van der Waals surface area (Å²) in [5.74, 6) is -1.12. The van der Waals surface area contributed by atoms with Crippen LogP contribution in [-0.2, 0) is 9.84 Å². The van der Waals surface area contributed by atoms with Crippen molar-refractivity contribution < 1.29 is 12.8 Å². The Morgan fingerprint density at radius 1 is 1.35 bits per heavy atom. The van der Waals surface area contributed by atoms with E-state index in [1.54, 1.807) is 19.1 Å². The number of hydrogen-bond acceptors (Lipinski definition) is 3. The molecular weight excluding hydrogens is 241 g/mol. The molecule has 0 heterocycles. The van der Waals surface area contributed by atoms with Gasteiger partial charge in [0, 0.05) is 11.7 Å². The molecule has 0 spiro atoms. The molecule has 0 unspecified atom stereocenters. The lowest BCUT2D eigenvalue weighted by Gasteiger charge is -2.00. The van der Waals surface area contributed by atoms with Gasteiger partial charge < -0.3 is 0 Å². The van der Waals surface area contributed by atoms with E-state index in [1.807, 2.05) is 6.07 Å². The van der Waals surface area contributed by atoms with Crippen LogP contribution in [0.4, 0.5) is 4.39 Å². The van der Waals surface area contributed by atoms with E-state index in [0.29, 0.717) is 0 Å². The molecule has 1 fully saturated rings. The van der Waals surface area contributed by atoms with Crippen molar-refractivity contribution in [2.75, 3.05) is 5.75 Å². The summed E-state index contributed by atoms with van der Waals surface area (Å²) in [6, 6.07) is 7.70. The van der Waals surface area contributed by atoms with Gasteiger partial charge in [0.2, 0.25) is 0 Å². The van der Waals surface area contributed by atoms with Crippen LogP contribution < -0.4 is 0 Å². The maximum Gasteiger partial charge on any atom is 0.154 e. The number of benzene rings is 1. The smallest absolute Gasteiger partial charge is 0.154 e. The Balaban J connectivity index is 2.30. The maximum absolute atomic E-state index is 12.8. The lowest BCUT2D eigenvalue weighted by molar-refractivity contribution is 0.594. The largest absolute Gasteiger partial charge is 0.228 e. The molecule has 0 bridgehead atoms. The van der Waals surface area contributed by atoms with Crippen LogP contribution in [0.15, 0.2) is 24.3 Å². The SMILES string of the molecule is CCS(=O)(=O)[C@@H]1[C@H](C#N)[C@@H]1c1ccc(F)cc1. The van der Waals surface area contributed by atoms with Crippen molar-refractivity contribution in [3.63, 3.8) is 0 Å². The first-order chi connectivity index (χ1) is 8.01. The molecule has 0 radical (unpaired) electrons. The molecule has 1 saturated carbocycles. The summed E-state index contributed by atoms with van der Waals surface area (Å²) in [6.45, 7) is 1.57. The Kier molecular flexibility index (Phi) is 2.92. The molecule has 90 valence electrons. The van der Waals surface area contributed by atoms with Crippen molar-refractivity contribution in [1.29, 1.82) is 5.26 Å². The molecule has 2 rings (SSSR count). The molecule has 5 heteroatoms. The number of hydrogen-bond donors (Lipinski definition) is 0. The molecule has 17 heavy (non-hydrogen) atoms. The maximum atomic E-state index is 12.8. The fourth-order valence-electron chi connectivity index (χ4n) is 2.16. The van der Waals surface area contributed by atoms with Crippen molar-refractivity contribution in [2.24, 2.45) is 5.92 Å². The van der Waals surface area contributed by atoms with E-state index in [9.17, 15) is 12.8 Å². The van der Waals surface area contributed by atoms with Crippen LogP contribution in [0.2, 0.25) is 0 Å². The Morgan fingerprint density at radius 3 is 2.41 bits per heavy atom. The van der Waals surface area contributed by atoms with E-state index in [-0.39, 0.29) is 17.5 Å². The molecular formula is C12H12FNO2S. The number of halogens is 1. The average Bonchev–Trinajstić information content (AvgIpc) is 3.05. The summed E-state index contributed by atoms with van der Waals surface area (Å²) >= 11 is 0. The lowest BCUT2D eigenvalue weighted by atomic mass is 10.1. The predicted molar refractivity (Wildman–Crippen MR) is 61.5 cm³/mol. The summed E-state index contributed by atoms with van der Waals surface area (Å²) in [4.78, 5) is 0. The second-order valence-corrected chi connectivity index (χ2v) is 6.60. The fourth-order valence-corrected chi connectivity index (χ4v) is 3.90. The van der Waals surface area contributed by atoms with Crippen molar-refractivity contribution in [3.8, 4) is 6.07 Å². The second-order valence-electron chi connectivity index (χ2n) is 4.15. The molecule has 0 amide bonds. The standard InChI is InChI=1S/C12H12FNO2S/c1-2-17(15,16)12-10(7-14)11(12)8-3-5-9(13)6-4-8/h3-6,10-12H,2H2,1H3/t10-,11+,12-/m1/s1. The highest BCUT2D eigenvalue weighted by molar-refractivity contribution is 7.92.